The summed E-state index contributed by atoms with van der Waals surface area (Å²) in [5.41, 5.74) is 3.64. The Balaban J connectivity index is 1.58. The molecule has 1 aliphatic heterocycles. The fourth-order valence-corrected chi connectivity index (χ4v) is 3.92. The molecule has 1 N–H and O–H groups in total. The highest BCUT2D eigenvalue weighted by atomic mass is 16.2. The van der Waals surface area contributed by atoms with Crippen LogP contribution in [0.2, 0.25) is 0 Å². The third-order valence-corrected chi connectivity index (χ3v) is 5.46. The summed E-state index contributed by atoms with van der Waals surface area (Å²) in [5.74, 6) is 0.643. The zero-order valence-corrected chi connectivity index (χ0v) is 17.9. The van der Waals surface area contributed by atoms with E-state index in [0.29, 0.717) is 30.9 Å². The number of aromatic nitrogens is 4. The highest BCUT2D eigenvalue weighted by Crippen LogP contribution is 2.26. The SMILES string of the molecule is CC(C)CC(=O)N1Cc2ccccc2CC1C(=O)Nc1cccc(-c2nnnn2C)c1. The number of hydrogen-bond acceptors (Lipinski definition) is 5. The standard InChI is InChI=1S/C23H26N6O2/c1-15(2)11-21(30)29-14-18-8-5-4-7-16(18)13-20(29)23(31)24-19-10-6-9-17(12-19)22-25-26-27-28(22)3/h4-10,12,15,20H,11,13-14H2,1-3H3,(H,24,31). The number of carbonyl (C=O) groups excluding carboxylic acids is 2. The molecule has 1 atom stereocenters. The summed E-state index contributed by atoms with van der Waals surface area (Å²) in [6.07, 6.45) is 0.916. The first-order valence-electron chi connectivity index (χ1n) is 10.4. The van der Waals surface area contributed by atoms with Crippen molar-refractivity contribution in [2.75, 3.05) is 5.32 Å². The number of hydrogen-bond donors (Lipinski definition) is 1. The molecule has 0 aliphatic carbocycles. The summed E-state index contributed by atoms with van der Waals surface area (Å²) >= 11 is 0. The molecule has 2 aromatic carbocycles. The number of rotatable bonds is 5. The van der Waals surface area contributed by atoms with Crippen LogP contribution in [0.4, 0.5) is 5.69 Å². The Kier molecular flexibility index (Phi) is 5.79. The van der Waals surface area contributed by atoms with E-state index in [1.807, 2.05) is 62.4 Å². The molecule has 0 saturated heterocycles. The van der Waals surface area contributed by atoms with Crippen molar-refractivity contribution in [2.45, 2.75) is 39.3 Å². The number of tetrazole rings is 1. The average Bonchev–Trinajstić information content (AvgIpc) is 3.18. The Labute approximate surface area is 181 Å². The van der Waals surface area contributed by atoms with Crippen LogP contribution in [0.5, 0.6) is 0 Å². The molecule has 4 rings (SSSR count). The van der Waals surface area contributed by atoms with Crippen LogP contribution < -0.4 is 5.32 Å². The number of anilines is 1. The lowest BCUT2D eigenvalue weighted by Crippen LogP contribution is -2.50. The summed E-state index contributed by atoms with van der Waals surface area (Å²) in [4.78, 5) is 28.0. The quantitative estimate of drug-likeness (QED) is 0.688. The van der Waals surface area contributed by atoms with Crippen molar-refractivity contribution >= 4 is 17.5 Å². The van der Waals surface area contributed by atoms with Crippen LogP contribution in [-0.2, 0) is 29.6 Å². The van der Waals surface area contributed by atoms with Gasteiger partial charge in [-0.2, -0.15) is 0 Å². The van der Waals surface area contributed by atoms with Crippen LogP contribution in [0.15, 0.2) is 48.5 Å². The van der Waals surface area contributed by atoms with Gasteiger partial charge < -0.3 is 10.2 Å². The molecule has 1 aromatic heterocycles. The van der Waals surface area contributed by atoms with E-state index in [2.05, 4.69) is 20.8 Å². The molecule has 2 amide bonds. The number of aryl methyl sites for hydroxylation is 1. The van der Waals surface area contributed by atoms with Crippen molar-refractivity contribution < 1.29 is 9.59 Å². The van der Waals surface area contributed by atoms with Gasteiger partial charge in [0.25, 0.3) is 0 Å². The predicted octanol–water partition coefficient (Wildman–Crippen LogP) is 2.82. The summed E-state index contributed by atoms with van der Waals surface area (Å²) < 4.78 is 1.57. The molecule has 0 bridgehead atoms. The minimum absolute atomic E-state index is 0.00330. The van der Waals surface area contributed by atoms with Crippen LogP contribution in [0.25, 0.3) is 11.4 Å². The first kappa shape index (κ1) is 20.7. The minimum atomic E-state index is -0.554. The molecule has 0 fully saturated rings. The molecule has 8 heteroatoms. The smallest absolute Gasteiger partial charge is 0.247 e. The van der Waals surface area contributed by atoms with E-state index >= 15 is 0 Å². The highest BCUT2D eigenvalue weighted by molar-refractivity contribution is 5.98. The van der Waals surface area contributed by atoms with Gasteiger partial charge in [0, 0.05) is 37.7 Å². The Morgan fingerprint density at radius 1 is 1.13 bits per heavy atom. The first-order valence-corrected chi connectivity index (χ1v) is 10.4. The highest BCUT2D eigenvalue weighted by Gasteiger charge is 2.34. The second-order valence-electron chi connectivity index (χ2n) is 8.30. The number of carbonyl (C=O) groups is 2. The van der Waals surface area contributed by atoms with Gasteiger partial charge in [-0.15, -0.1) is 5.10 Å². The zero-order valence-electron chi connectivity index (χ0n) is 17.9. The van der Waals surface area contributed by atoms with E-state index in [-0.39, 0.29) is 17.7 Å². The largest absolute Gasteiger partial charge is 0.326 e. The third kappa shape index (κ3) is 4.47. The first-order chi connectivity index (χ1) is 14.9. The number of nitrogens with zero attached hydrogens (tertiary/aromatic N) is 5. The van der Waals surface area contributed by atoms with Gasteiger partial charge in [0.05, 0.1) is 0 Å². The molecule has 3 aromatic rings. The zero-order chi connectivity index (χ0) is 22.0. The fraction of sp³-hybridized carbons (Fsp3) is 0.348. The molecule has 0 radical (unpaired) electrons. The predicted molar refractivity (Wildman–Crippen MR) is 117 cm³/mol. The Hall–Kier alpha value is -3.55. The topological polar surface area (TPSA) is 93.0 Å². The molecular weight excluding hydrogens is 392 g/mol. The Morgan fingerprint density at radius 2 is 1.90 bits per heavy atom. The number of fused-ring (bicyclic) bond motifs is 1. The molecule has 0 spiro atoms. The van der Waals surface area contributed by atoms with Crippen LogP contribution in [-0.4, -0.2) is 43.0 Å². The van der Waals surface area contributed by atoms with E-state index in [9.17, 15) is 9.59 Å². The van der Waals surface area contributed by atoms with Gasteiger partial charge in [0.1, 0.15) is 6.04 Å². The molecule has 160 valence electrons. The van der Waals surface area contributed by atoms with Crippen molar-refractivity contribution in [3.63, 3.8) is 0 Å². The molecule has 1 unspecified atom stereocenters. The molecule has 0 saturated carbocycles. The lowest BCUT2D eigenvalue weighted by atomic mass is 9.92. The van der Waals surface area contributed by atoms with Crippen molar-refractivity contribution in [3.05, 3.63) is 59.7 Å². The van der Waals surface area contributed by atoms with Crippen molar-refractivity contribution in [1.82, 2.24) is 25.1 Å². The van der Waals surface area contributed by atoms with Gasteiger partial charge in [-0.05, 0) is 39.6 Å². The summed E-state index contributed by atoms with van der Waals surface area (Å²) in [6, 6.07) is 14.8. The van der Waals surface area contributed by atoms with Crippen LogP contribution in [0, 0.1) is 5.92 Å². The lowest BCUT2D eigenvalue weighted by molar-refractivity contribution is -0.140. The monoisotopic (exact) mass is 418 g/mol. The molecular formula is C23H26N6O2. The summed E-state index contributed by atoms with van der Waals surface area (Å²) in [7, 11) is 1.76. The van der Waals surface area contributed by atoms with E-state index in [4.69, 9.17) is 0 Å². The summed E-state index contributed by atoms with van der Waals surface area (Å²) in [6.45, 7) is 4.47. The Bertz CT molecular complexity index is 1110. The average molecular weight is 419 g/mol. The third-order valence-electron chi connectivity index (χ3n) is 5.46. The minimum Gasteiger partial charge on any atom is -0.326 e. The summed E-state index contributed by atoms with van der Waals surface area (Å²) in [5, 5.41) is 14.5. The fourth-order valence-electron chi connectivity index (χ4n) is 3.92. The number of benzene rings is 2. The Morgan fingerprint density at radius 3 is 2.61 bits per heavy atom. The van der Waals surface area contributed by atoms with Gasteiger partial charge in [-0.25, -0.2) is 4.68 Å². The molecule has 31 heavy (non-hydrogen) atoms. The lowest BCUT2D eigenvalue weighted by Gasteiger charge is -2.36. The van der Waals surface area contributed by atoms with Gasteiger partial charge in [-0.1, -0.05) is 50.2 Å². The van der Waals surface area contributed by atoms with Crippen LogP contribution >= 0.6 is 0 Å². The van der Waals surface area contributed by atoms with Gasteiger partial charge in [0.15, 0.2) is 5.82 Å². The maximum atomic E-state index is 13.3. The molecule has 1 aliphatic rings. The maximum Gasteiger partial charge on any atom is 0.247 e. The normalized spacial score (nSPS) is 15.6. The van der Waals surface area contributed by atoms with Crippen molar-refractivity contribution in [2.24, 2.45) is 13.0 Å². The van der Waals surface area contributed by atoms with E-state index in [1.165, 1.54) is 0 Å². The van der Waals surface area contributed by atoms with E-state index in [1.54, 1.807) is 16.6 Å². The maximum absolute atomic E-state index is 13.3. The van der Waals surface area contributed by atoms with E-state index in [0.717, 1.165) is 16.7 Å². The number of nitrogens with one attached hydrogen (secondary N) is 1. The van der Waals surface area contributed by atoms with Crippen molar-refractivity contribution in [3.8, 4) is 11.4 Å². The van der Waals surface area contributed by atoms with Crippen LogP contribution in [0.3, 0.4) is 0 Å². The second kappa shape index (κ2) is 8.67. The van der Waals surface area contributed by atoms with Crippen LogP contribution in [0.1, 0.15) is 31.4 Å². The van der Waals surface area contributed by atoms with E-state index < -0.39 is 6.04 Å². The number of amides is 2. The van der Waals surface area contributed by atoms with Crippen molar-refractivity contribution in [1.29, 1.82) is 0 Å². The molecule has 8 nitrogen and oxygen atoms in total. The van der Waals surface area contributed by atoms with Gasteiger partial charge in [0.2, 0.25) is 11.8 Å². The molecule has 2 heterocycles. The van der Waals surface area contributed by atoms with Gasteiger partial charge in [-0.3, -0.25) is 9.59 Å². The van der Waals surface area contributed by atoms with Gasteiger partial charge >= 0.3 is 0 Å². The second-order valence-corrected chi connectivity index (χ2v) is 8.30.